The second-order valence-corrected chi connectivity index (χ2v) is 9.59. The van der Waals surface area contributed by atoms with Crippen LogP contribution in [0.1, 0.15) is 72.6 Å². The average molecular weight is 423 g/mol. The minimum absolute atomic E-state index is 0.0553. The van der Waals surface area contributed by atoms with Gasteiger partial charge >= 0.3 is 11.9 Å². The van der Waals surface area contributed by atoms with E-state index < -0.39 is 23.6 Å². The van der Waals surface area contributed by atoms with E-state index in [4.69, 9.17) is 9.84 Å². The molecule has 0 saturated carbocycles. The van der Waals surface area contributed by atoms with Gasteiger partial charge in [0.15, 0.2) is 0 Å². The lowest BCUT2D eigenvalue weighted by atomic mass is 9.66. The van der Waals surface area contributed by atoms with Crippen molar-refractivity contribution in [3.63, 3.8) is 0 Å². The maximum atomic E-state index is 12.7. The number of rotatable bonds is 10. The van der Waals surface area contributed by atoms with Gasteiger partial charge < -0.3 is 20.1 Å². The normalized spacial score (nSPS) is 28.3. The Bertz CT molecular complexity index is 665. The summed E-state index contributed by atoms with van der Waals surface area (Å²) >= 11 is 0. The lowest BCUT2D eigenvalue weighted by molar-refractivity contribution is -0.164. The van der Waals surface area contributed by atoms with Gasteiger partial charge in [-0.15, -0.1) is 0 Å². The summed E-state index contributed by atoms with van der Waals surface area (Å²) in [7, 11) is 0. The van der Waals surface area contributed by atoms with Crippen LogP contribution in [0.2, 0.25) is 0 Å². The first-order valence-corrected chi connectivity index (χ1v) is 11.2. The molecule has 6 nitrogen and oxygen atoms in total. The predicted molar refractivity (Wildman–Crippen MR) is 115 cm³/mol. The van der Waals surface area contributed by atoms with E-state index in [1.807, 2.05) is 20.8 Å². The fraction of sp³-hybridized carbons (Fsp3) is 0.750. The van der Waals surface area contributed by atoms with Gasteiger partial charge in [0.25, 0.3) is 0 Å². The van der Waals surface area contributed by atoms with Crippen molar-refractivity contribution in [1.29, 1.82) is 0 Å². The minimum Gasteiger partial charge on any atom is -0.481 e. The molecule has 0 aromatic heterocycles. The third-order valence-electron chi connectivity index (χ3n) is 6.83. The summed E-state index contributed by atoms with van der Waals surface area (Å²) in [6.07, 6.45) is 7.87. The van der Waals surface area contributed by atoms with Crippen LogP contribution in [0.15, 0.2) is 23.8 Å². The number of ether oxygens (including phenoxy) is 1. The summed E-state index contributed by atoms with van der Waals surface area (Å²) in [4.78, 5) is 23.4. The number of carboxylic acid groups (broad SMARTS) is 1. The molecule has 0 spiro atoms. The molecule has 2 aliphatic rings. The number of aliphatic hydroxyl groups is 2. The molecule has 0 amide bonds. The Morgan fingerprint density at radius 3 is 2.60 bits per heavy atom. The van der Waals surface area contributed by atoms with E-state index in [1.54, 1.807) is 0 Å². The lowest BCUT2D eigenvalue weighted by Gasteiger charge is -2.42. The van der Waals surface area contributed by atoms with E-state index >= 15 is 0 Å². The minimum atomic E-state index is -1.07. The summed E-state index contributed by atoms with van der Waals surface area (Å²) in [5, 5.41) is 28.9. The van der Waals surface area contributed by atoms with Crippen LogP contribution in [-0.4, -0.2) is 45.6 Å². The number of hydrogen-bond acceptors (Lipinski definition) is 5. The zero-order chi connectivity index (χ0) is 22.5. The van der Waals surface area contributed by atoms with Gasteiger partial charge in [0, 0.05) is 5.92 Å². The number of aliphatic carboxylic acids is 1. The molecule has 0 radical (unpaired) electrons. The first-order valence-electron chi connectivity index (χ1n) is 11.2. The Morgan fingerprint density at radius 2 is 1.97 bits per heavy atom. The van der Waals surface area contributed by atoms with Gasteiger partial charge in [-0.25, -0.2) is 0 Å². The first-order chi connectivity index (χ1) is 14.0. The number of carboxylic acids is 1. The Labute approximate surface area is 180 Å². The van der Waals surface area contributed by atoms with Crippen LogP contribution < -0.4 is 0 Å². The number of carbonyl (C=O) groups excluding carboxylic acids is 1. The van der Waals surface area contributed by atoms with Gasteiger partial charge in [-0.05, 0) is 69.8 Å². The van der Waals surface area contributed by atoms with Crippen LogP contribution in [0.25, 0.3) is 0 Å². The zero-order valence-electron chi connectivity index (χ0n) is 18.7. The molecular formula is C24H38O6. The molecular weight excluding hydrogens is 384 g/mol. The summed E-state index contributed by atoms with van der Waals surface area (Å²) in [6, 6.07) is 0. The van der Waals surface area contributed by atoms with E-state index in [2.05, 4.69) is 25.2 Å². The third-order valence-corrected chi connectivity index (χ3v) is 6.83. The summed E-state index contributed by atoms with van der Waals surface area (Å²) < 4.78 is 6.03. The molecule has 6 atom stereocenters. The molecule has 2 rings (SSSR count). The molecule has 6 heteroatoms. The largest absolute Gasteiger partial charge is 0.481 e. The summed E-state index contributed by atoms with van der Waals surface area (Å²) in [5.41, 5.74) is 0.695. The van der Waals surface area contributed by atoms with Crippen LogP contribution >= 0.6 is 0 Å². The van der Waals surface area contributed by atoms with Crippen molar-refractivity contribution < 1.29 is 29.6 Å². The number of carbonyl (C=O) groups is 2. The molecule has 0 aromatic rings. The van der Waals surface area contributed by atoms with Crippen molar-refractivity contribution in [2.24, 2.45) is 23.2 Å². The van der Waals surface area contributed by atoms with Crippen LogP contribution in [0, 0.1) is 23.2 Å². The molecule has 170 valence electrons. The molecule has 0 saturated heterocycles. The number of aliphatic hydroxyl groups excluding tert-OH is 2. The fourth-order valence-electron chi connectivity index (χ4n) is 4.50. The van der Waals surface area contributed by atoms with Crippen molar-refractivity contribution >= 4 is 11.9 Å². The number of fused-ring (bicyclic) bond motifs is 1. The van der Waals surface area contributed by atoms with Gasteiger partial charge in [0.2, 0.25) is 0 Å². The maximum Gasteiger partial charge on any atom is 0.311 e. The van der Waals surface area contributed by atoms with Gasteiger partial charge in [-0.3, -0.25) is 9.59 Å². The molecule has 0 aliphatic heterocycles. The predicted octanol–water partition coefficient (Wildman–Crippen LogP) is 3.86. The number of hydrogen-bond donors (Lipinski definition) is 3. The van der Waals surface area contributed by atoms with E-state index in [0.717, 1.165) is 25.7 Å². The fourth-order valence-corrected chi connectivity index (χ4v) is 4.50. The van der Waals surface area contributed by atoms with Gasteiger partial charge in [-0.1, -0.05) is 32.1 Å². The average Bonchev–Trinajstić information content (AvgIpc) is 2.66. The van der Waals surface area contributed by atoms with Crippen molar-refractivity contribution in [2.45, 2.75) is 91.0 Å². The number of allylic oxidation sites excluding steroid dienone is 3. The lowest BCUT2D eigenvalue weighted by Crippen LogP contribution is -2.41. The highest BCUT2D eigenvalue weighted by atomic mass is 16.5. The monoisotopic (exact) mass is 422 g/mol. The summed E-state index contributed by atoms with van der Waals surface area (Å²) in [5.74, 6) is -0.630. The van der Waals surface area contributed by atoms with Crippen molar-refractivity contribution in [1.82, 2.24) is 0 Å². The second-order valence-electron chi connectivity index (χ2n) is 9.59. The van der Waals surface area contributed by atoms with E-state index in [1.165, 1.54) is 5.57 Å². The topological polar surface area (TPSA) is 104 Å². The van der Waals surface area contributed by atoms with Crippen LogP contribution in [0.5, 0.6) is 0 Å². The Morgan fingerprint density at radius 1 is 1.27 bits per heavy atom. The third kappa shape index (κ3) is 6.42. The van der Waals surface area contributed by atoms with Gasteiger partial charge in [0.05, 0.1) is 24.0 Å². The van der Waals surface area contributed by atoms with Gasteiger partial charge in [-0.2, -0.15) is 0 Å². The molecule has 0 heterocycles. The molecule has 0 fully saturated rings. The first kappa shape index (κ1) is 24.6. The molecule has 0 bridgehead atoms. The molecule has 2 aliphatic carbocycles. The second kappa shape index (κ2) is 10.6. The van der Waals surface area contributed by atoms with E-state index in [0.29, 0.717) is 6.42 Å². The standard InChI is InChI=1S/C24H38O6/c1-5-24(3,4)23(29)30-20-8-6-7-16-10-9-15(2)19(22(16)20)12-11-17(25)13-18(26)14-21(27)28/h7,9-10,15,17-20,22,25-26H,5-6,8,11-14H2,1-4H3,(H,27,28)/t15-,17?,18?,19?,20?,22?/m0/s1. The quantitative estimate of drug-likeness (QED) is 0.462. The van der Waals surface area contributed by atoms with Crippen LogP contribution in [0.4, 0.5) is 0 Å². The number of esters is 1. The Hall–Kier alpha value is -1.66. The zero-order valence-corrected chi connectivity index (χ0v) is 18.7. The Kier molecular flexibility index (Phi) is 8.68. The molecule has 5 unspecified atom stereocenters. The Balaban J connectivity index is 2.07. The van der Waals surface area contributed by atoms with Crippen molar-refractivity contribution in [3.8, 4) is 0 Å². The molecule has 3 N–H and O–H groups in total. The molecule has 0 aromatic carbocycles. The highest BCUT2D eigenvalue weighted by Crippen LogP contribution is 2.44. The SMILES string of the molecule is CCC(C)(C)C(=O)OC1CCC=C2C=C[C@H](C)C(CCC(O)CC(O)CC(=O)O)C21. The maximum absolute atomic E-state index is 12.7. The van der Waals surface area contributed by atoms with Crippen LogP contribution in [-0.2, 0) is 14.3 Å². The van der Waals surface area contributed by atoms with E-state index in [9.17, 15) is 19.8 Å². The van der Waals surface area contributed by atoms with Gasteiger partial charge in [0.1, 0.15) is 6.10 Å². The van der Waals surface area contributed by atoms with Crippen molar-refractivity contribution in [3.05, 3.63) is 23.8 Å². The smallest absolute Gasteiger partial charge is 0.311 e. The van der Waals surface area contributed by atoms with E-state index in [-0.39, 0.29) is 42.7 Å². The molecule has 30 heavy (non-hydrogen) atoms. The highest BCUT2D eigenvalue weighted by molar-refractivity contribution is 5.76. The summed E-state index contributed by atoms with van der Waals surface area (Å²) in [6.45, 7) is 7.96. The van der Waals surface area contributed by atoms with Crippen molar-refractivity contribution in [2.75, 3.05) is 0 Å². The highest BCUT2D eigenvalue weighted by Gasteiger charge is 2.41. The van der Waals surface area contributed by atoms with Crippen LogP contribution in [0.3, 0.4) is 0 Å².